The van der Waals surface area contributed by atoms with Crippen molar-refractivity contribution in [3.05, 3.63) is 23.0 Å². The molecule has 0 spiro atoms. The van der Waals surface area contributed by atoms with Gasteiger partial charge in [0.1, 0.15) is 5.69 Å². The van der Waals surface area contributed by atoms with Crippen molar-refractivity contribution in [2.24, 2.45) is 0 Å². The topological polar surface area (TPSA) is 59.4 Å². The van der Waals surface area contributed by atoms with E-state index in [2.05, 4.69) is 25.7 Å². The maximum Gasteiger partial charge on any atom is 0.573 e. The van der Waals surface area contributed by atoms with Crippen LogP contribution in [0.3, 0.4) is 0 Å². The second kappa shape index (κ2) is 6.08. The molecule has 0 bridgehead atoms. The third-order valence-corrected chi connectivity index (χ3v) is 2.70. The number of hydrogen-bond acceptors (Lipinski definition) is 3. The molecule has 21 heavy (non-hydrogen) atoms. The average Bonchev–Trinajstić information content (AvgIpc) is 2.26. The van der Waals surface area contributed by atoms with Gasteiger partial charge in [-0.2, -0.15) is 13.2 Å². The Bertz CT molecular complexity index is 543. The van der Waals surface area contributed by atoms with E-state index in [1.807, 2.05) is 0 Å². The number of hydrogen-bond donors (Lipinski definition) is 1. The summed E-state index contributed by atoms with van der Waals surface area (Å²) in [6.07, 6.45) is -11.3. The molecule has 1 rings (SSSR count). The van der Waals surface area contributed by atoms with Crippen LogP contribution in [0.2, 0.25) is 0 Å². The summed E-state index contributed by atoms with van der Waals surface area (Å²) >= 11 is 2.70. The van der Waals surface area contributed by atoms with Gasteiger partial charge in [-0.15, -0.1) is 13.2 Å². The number of ether oxygens (including phenoxy) is 1. The maximum absolute atomic E-state index is 12.7. The zero-order valence-corrected chi connectivity index (χ0v) is 11.4. The molecule has 0 fully saturated rings. The lowest BCUT2D eigenvalue weighted by Gasteiger charge is -2.16. The van der Waals surface area contributed by atoms with Gasteiger partial charge in [0.25, 0.3) is 0 Å². The first-order chi connectivity index (χ1) is 9.44. The summed E-state index contributed by atoms with van der Waals surface area (Å²) in [6, 6.07) is 0.469. The number of pyridine rings is 1. The quantitative estimate of drug-likeness (QED) is 0.640. The van der Waals surface area contributed by atoms with E-state index in [-0.39, 0.29) is 0 Å². The van der Waals surface area contributed by atoms with Crippen molar-refractivity contribution in [3.63, 3.8) is 0 Å². The molecular formula is C10H6BrF6NO3. The predicted molar refractivity (Wildman–Crippen MR) is 59.9 cm³/mol. The fourth-order valence-electron chi connectivity index (χ4n) is 1.40. The number of halogens is 7. The Morgan fingerprint density at radius 2 is 1.86 bits per heavy atom. The van der Waals surface area contributed by atoms with E-state index in [4.69, 9.17) is 5.11 Å². The van der Waals surface area contributed by atoms with Crippen LogP contribution in [0.15, 0.2) is 6.07 Å². The molecule has 4 nitrogen and oxygen atoms in total. The van der Waals surface area contributed by atoms with Crippen LogP contribution in [-0.4, -0.2) is 22.4 Å². The summed E-state index contributed by atoms with van der Waals surface area (Å²) in [4.78, 5) is 13.5. The summed E-state index contributed by atoms with van der Waals surface area (Å²) in [7, 11) is 0. The molecule has 0 amide bonds. The van der Waals surface area contributed by atoms with E-state index in [1.165, 1.54) is 0 Å². The van der Waals surface area contributed by atoms with Crippen molar-refractivity contribution >= 4 is 21.9 Å². The first-order valence-electron chi connectivity index (χ1n) is 5.07. The molecule has 118 valence electrons. The van der Waals surface area contributed by atoms with Gasteiger partial charge >= 0.3 is 18.5 Å². The second-order valence-corrected chi connectivity index (χ2v) is 4.25. The molecule has 0 aromatic carbocycles. The van der Waals surface area contributed by atoms with Gasteiger partial charge in [0.2, 0.25) is 0 Å². The highest BCUT2D eigenvalue weighted by Gasteiger charge is 2.38. The highest BCUT2D eigenvalue weighted by molar-refractivity contribution is 9.08. The molecule has 0 atom stereocenters. The van der Waals surface area contributed by atoms with E-state index in [9.17, 15) is 31.1 Å². The van der Waals surface area contributed by atoms with Crippen LogP contribution in [0.4, 0.5) is 26.3 Å². The largest absolute Gasteiger partial charge is 0.573 e. The fraction of sp³-hybridized carbons (Fsp3) is 0.400. The van der Waals surface area contributed by atoms with Gasteiger partial charge in [0, 0.05) is 5.33 Å². The van der Waals surface area contributed by atoms with Crippen molar-refractivity contribution < 1.29 is 41.0 Å². The lowest BCUT2D eigenvalue weighted by molar-refractivity contribution is -0.275. The standard InChI is InChI=1S/C10H6BrF6NO3/c11-3-4-1-6(21-10(15,16)17)5(2-7(19)20)18-8(4)9(12,13)14/h1H,2-3H2,(H,19,20). The molecule has 1 heterocycles. The van der Waals surface area contributed by atoms with Gasteiger partial charge in [-0.25, -0.2) is 4.98 Å². The molecule has 0 saturated heterocycles. The molecule has 1 aromatic heterocycles. The fourth-order valence-corrected chi connectivity index (χ4v) is 1.83. The Hall–Kier alpha value is -1.52. The van der Waals surface area contributed by atoms with E-state index in [0.717, 1.165) is 0 Å². The highest BCUT2D eigenvalue weighted by atomic mass is 79.9. The van der Waals surface area contributed by atoms with E-state index in [0.29, 0.717) is 6.07 Å². The van der Waals surface area contributed by atoms with Gasteiger partial charge in [-0.3, -0.25) is 4.79 Å². The van der Waals surface area contributed by atoms with E-state index >= 15 is 0 Å². The van der Waals surface area contributed by atoms with Crippen molar-refractivity contribution in [2.75, 3.05) is 0 Å². The zero-order chi connectivity index (χ0) is 16.4. The first kappa shape index (κ1) is 17.5. The summed E-state index contributed by atoms with van der Waals surface area (Å²) in [5, 5.41) is 8.11. The van der Waals surface area contributed by atoms with Crippen LogP contribution in [0.25, 0.3) is 0 Å². The lowest BCUT2D eigenvalue weighted by atomic mass is 10.1. The number of carboxylic acid groups (broad SMARTS) is 1. The van der Waals surface area contributed by atoms with Crippen LogP contribution in [-0.2, 0) is 22.7 Å². The Morgan fingerprint density at radius 1 is 1.29 bits per heavy atom. The lowest BCUT2D eigenvalue weighted by Crippen LogP contribution is -2.21. The zero-order valence-electron chi connectivity index (χ0n) is 9.85. The number of rotatable bonds is 4. The van der Waals surface area contributed by atoms with Crippen molar-refractivity contribution in [2.45, 2.75) is 24.3 Å². The maximum atomic E-state index is 12.7. The van der Waals surface area contributed by atoms with Gasteiger partial charge in [0.15, 0.2) is 5.75 Å². The van der Waals surface area contributed by atoms with Gasteiger partial charge in [0.05, 0.1) is 12.1 Å². The van der Waals surface area contributed by atoms with Gasteiger partial charge in [-0.05, 0) is 11.6 Å². The van der Waals surface area contributed by atoms with E-state index in [1.54, 1.807) is 0 Å². The predicted octanol–water partition coefficient (Wildman–Crippen LogP) is 3.52. The average molecular weight is 382 g/mol. The molecule has 0 saturated carbocycles. The summed E-state index contributed by atoms with van der Waals surface area (Å²) < 4.78 is 78.3. The normalized spacial score (nSPS) is 12.3. The number of aromatic nitrogens is 1. The Balaban J connectivity index is 3.44. The Morgan fingerprint density at radius 3 is 2.24 bits per heavy atom. The number of aliphatic carboxylic acids is 1. The number of carboxylic acids is 1. The van der Waals surface area contributed by atoms with Crippen LogP contribution < -0.4 is 4.74 Å². The SMILES string of the molecule is O=C(O)Cc1nc(C(F)(F)F)c(CBr)cc1OC(F)(F)F. The summed E-state index contributed by atoms with van der Waals surface area (Å²) in [5.41, 5.74) is -3.03. The smallest absolute Gasteiger partial charge is 0.481 e. The van der Waals surface area contributed by atoms with Crippen molar-refractivity contribution in [3.8, 4) is 5.75 Å². The Kier molecular flexibility index (Phi) is 5.07. The molecule has 1 N–H and O–H groups in total. The summed E-state index contributed by atoms with van der Waals surface area (Å²) in [6.45, 7) is 0. The second-order valence-electron chi connectivity index (χ2n) is 3.69. The molecular weight excluding hydrogens is 376 g/mol. The number of nitrogens with zero attached hydrogens (tertiary/aromatic N) is 1. The molecule has 1 aromatic rings. The van der Waals surface area contributed by atoms with Gasteiger partial charge in [-0.1, -0.05) is 15.9 Å². The minimum Gasteiger partial charge on any atom is -0.481 e. The van der Waals surface area contributed by atoms with Gasteiger partial charge < -0.3 is 9.84 Å². The molecule has 0 unspecified atom stereocenters. The van der Waals surface area contributed by atoms with Crippen LogP contribution in [0.1, 0.15) is 17.0 Å². The minimum atomic E-state index is -5.18. The van der Waals surface area contributed by atoms with Crippen molar-refractivity contribution in [1.82, 2.24) is 4.98 Å². The summed E-state index contributed by atoms with van der Waals surface area (Å²) in [5.74, 6) is -2.72. The van der Waals surface area contributed by atoms with Crippen LogP contribution in [0.5, 0.6) is 5.75 Å². The van der Waals surface area contributed by atoms with Crippen molar-refractivity contribution in [1.29, 1.82) is 0 Å². The van der Waals surface area contributed by atoms with E-state index < -0.39 is 53.0 Å². The third kappa shape index (κ3) is 5.06. The number of alkyl halides is 7. The molecule has 0 aliphatic heterocycles. The first-order valence-corrected chi connectivity index (χ1v) is 6.19. The molecule has 0 radical (unpaired) electrons. The Labute approximate surface area is 121 Å². The van der Waals surface area contributed by atoms with Crippen LogP contribution in [0, 0.1) is 0 Å². The molecule has 11 heteroatoms. The van der Waals surface area contributed by atoms with Crippen LogP contribution >= 0.6 is 15.9 Å². The minimum absolute atomic E-state index is 0.434. The molecule has 0 aliphatic carbocycles. The highest BCUT2D eigenvalue weighted by Crippen LogP contribution is 2.36. The monoisotopic (exact) mass is 381 g/mol. The number of carbonyl (C=O) groups is 1. The molecule has 0 aliphatic rings. The third-order valence-electron chi connectivity index (χ3n) is 2.10.